The van der Waals surface area contributed by atoms with E-state index < -0.39 is 0 Å². The maximum absolute atomic E-state index is 5.18. The summed E-state index contributed by atoms with van der Waals surface area (Å²) in [5, 5.41) is 6.72. The average molecular weight is 348 g/mol. The summed E-state index contributed by atoms with van der Waals surface area (Å²) in [4.78, 5) is 8.93. The number of anilines is 2. The molecule has 0 amide bonds. The van der Waals surface area contributed by atoms with Gasteiger partial charge in [0.05, 0.1) is 7.11 Å². The average Bonchev–Trinajstić information content (AvgIpc) is 2.66. The fraction of sp³-hybridized carbons (Fsp3) is 0.238. The molecule has 2 N–H and O–H groups in total. The third-order valence-electron chi connectivity index (χ3n) is 4.06. The van der Waals surface area contributed by atoms with E-state index in [0.717, 1.165) is 35.3 Å². The van der Waals surface area contributed by atoms with Gasteiger partial charge in [-0.05, 0) is 37.1 Å². The van der Waals surface area contributed by atoms with E-state index in [-0.39, 0.29) is 0 Å². The van der Waals surface area contributed by atoms with Crippen LogP contribution in [0.3, 0.4) is 0 Å². The Morgan fingerprint density at radius 1 is 0.769 bits per heavy atom. The van der Waals surface area contributed by atoms with Crippen molar-refractivity contribution in [3.8, 4) is 5.75 Å². The maximum Gasteiger partial charge on any atom is 0.132 e. The summed E-state index contributed by atoms with van der Waals surface area (Å²) < 4.78 is 5.18. The highest BCUT2D eigenvalue weighted by Gasteiger charge is 2.03. The molecule has 2 aromatic carbocycles. The number of rotatable bonds is 7. The predicted molar refractivity (Wildman–Crippen MR) is 106 cm³/mol. The first-order chi connectivity index (χ1) is 12.6. The van der Waals surface area contributed by atoms with E-state index in [9.17, 15) is 0 Å². The molecule has 0 saturated heterocycles. The van der Waals surface area contributed by atoms with Crippen LogP contribution in [-0.4, -0.2) is 17.1 Å². The molecule has 0 bridgehead atoms. The van der Waals surface area contributed by atoms with Crippen molar-refractivity contribution in [3.63, 3.8) is 0 Å². The van der Waals surface area contributed by atoms with Gasteiger partial charge in [0.1, 0.15) is 23.2 Å². The van der Waals surface area contributed by atoms with Gasteiger partial charge in [0.25, 0.3) is 0 Å². The second kappa shape index (κ2) is 8.34. The lowest BCUT2D eigenvalue weighted by Gasteiger charge is -2.11. The van der Waals surface area contributed by atoms with Crippen molar-refractivity contribution >= 4 is 11.6 Å². The van der Waals surface area contributed by atoms with Crippen LogP contribution >= 0.6 is 0 Å². The largest absolute Gasteiger partial charge is 0.497 e. The molecule has 0 unspecified atom stereocenters. The normalized spacial score (nSPS) is 10.4. The van der Waals surface area contributed by atoms with Crippen LogP contribution in [-0.2, 0) is 13.1 Å². The molecule has 1 heterocycles. The van der Waals surface area contributed by atoms with Crippen LogP contribution in [0.5, 0.6) is 5.75 Å². The molecule has 26 heavy (non-hydrogen) atoms. The first-order valence-corrected chi connectivity index (χ1v) is 8.64. The number of methoxy groups -OCH3 is 1. The number of hydrogen-bond donors (Lipinski definition) is 2. The molecular formula is C21H24N4O. The van der Waals surface area contributed by atoms with E-state index in [2.05, 4.69) is 51.8 Å². The van der Waals surface area contributed by atoms with E-state index in [0.29, 0.717) is 6.54 Å². The summed E-state index contributed by atoms with van der Waals surface area (Å²) in [6, 6.07) is 18.4. The molecule has 0 atom stereocenters. The predicted octanol–water partition coefficient (Wildman–Crippen LogP) is 4.33. The van der Waals surface area contributed by atoms with Gasteiger partial charge in [0.2, 0.25) is 0 Å². The zero-order valence-corrected chi connectivity index (χ0v) is 15.4. The van der Waals surface area contributed by atoms with Crippen LogP contribution in [0, 0.1) is 13.8 Å². The third kappa shape index (κ3) is 4.96. The standard InChI is InChI=1S/C21H24N4O/c1-15-4-6-17(7-5-15)13-22-20-12-21(25-16(2)24-20)23-14-18-8-10-19(26-3)11-9-18/h4-12H,13-14H2,1-3H3,(H2,22,23,24,25). The van der Waals surface area contributed by atoms with Gasteiger partial charge in [-0.15, -0.1) is 0 Å². The molecule has 0 radical (unpaired) electrons. The molecular weight excluding hydrogens is 324 g/mol. The lowest BCUT2D eigenvalue weighted by Crippen LogP contribution is -2.07. The van der Waals surface area contributed by atoms with Gasteiger partial charge in [0, 0.05) is 19.2 Å². The molecule has 3 aromatic rings. The second-order valence-corrected chi connectivity index (χ2v) is 6.23. The Hall–Kier alpha value is -3.08. The smallest absolute Gasteiger partial charge is 0.132 e. The molecule has 3 rings (SSSR count). The molecule has 0 aliphatic rings. The molecule has 134 valence electrons. The number of aryl methyl sites for hydroxylation is 2. The second-order valence-electron chi connectivity index (χ2n) is 6.23. The van der Waals surface area contributed by atoms with Crippen molar-refractivity contribution in [1.82, 2.24) is 9.97 Å². The van der Waals surface area contributed by atoms with Gasteiger partial charge in [-0.1, -0.05) is 42.0 Å². The lowest BCUT2D eigenvalue weighted by atomic mass is 10.1. The Morgan fingerprint density at radius 2 is 1.27 bits per heavy atom. The summed E-state index contributed by atoms with van der Waals surface area (Å²) in [6.07, 6.45) is 0. The molecule has 5 nitrogen and oxygen atoms in total. The van der Waals surface area contributed by atoms with Gasteiger partial charge in [-0.2, -0.15) is 0 Å². The van der Waals surface area contributed by atoms with Gasteiger partial charge in [-0.3, -0.25) is 0 Å². The number of ether oxygens (including phenoxy) is 1. The minimum absolute atomic E-state index is 0.692. The summed E-state index contributed by atoms with van der Waals surface area (Å²) in [5.74, 6) is 3.21. The maximum atomic E-state index is 5.18. The fourth-order valence-corrected chi connectivity index (χ4v) is 2.58. The number of benzene rings is 2. The number of hydrogen-bond acceptors (Lipinski definition) is 5. The molecule has 0 fully saturated rings. The minimum atomic E-state index is 0.692. The third-order valence-corrected chi connectivity index (χ3v) is 4.06. The van der Waals surface area contributed by atoms with Crippen LogP contribution in [0.25, 0.3) is 0 Å². The Labute approximate surface area is 154 Å². The lowest BCUT2D eigenvalue weighted by molar-refractivity contribution is 0.414. The van der Waals surface area contributed by atoms with Gasteiger partial charge in [0.15, 0.2) is 0 Å². The highest BCUT2D eigenvalue weighted by Crippen LogP contribution is 2.15. The molecule has 0 saturated carbocycles. The highest BCUT2D eigenvalue weighted by molar-refractivity contribution is 5.48. The minimum Gasteiger partial charge on any atom is -0.497 e. The Kier molecular flexibility index (Phi) is 5.69. The fourth-order valence-electron chi connectivity index (χ4n) is 2.58. The molecule has 1 aromatic heterocycles. The topological polar surface area (TPSA) is 59.1 Å². The Morgan fingerprint density at radius 3 is 1.77 bits per heavy atom. The van der Waals surface area contributed by atoms with Crippen molar-refractivity contribution in [2.45, 2.75) is 26.9 Å². The highest BCUT2D eigenvalue weighted by atomic mass is 16.5. The zero-order chi connectivity index (χ0) is 18.4. The molecule has 0 aliphatic heterocycles. The van der Waals surface area contributed by atoms with E-state index in [4.69, 9.17) is 4.74 Å². The van der Waals surface area contributed by atoms with Gasteiger partial charge >= 0.3 is 0 Å². The molecule has 0 spiro atoms. The van der Waals surface area contributed by atoms with Crippen LogP contribution in [0.2, 0.25) is 0 Å². The van der Waals surface area contributed by atoms with E-state index in [1.807, 2.05) is 37.3 Å². The summed E-state index contributed by atoms with van der Waals surface area (Å²) in [5.41, 5.74) is 3.65. The van der Waals surface area contributed by atoms with Gasteiger partial charge < -0.3 is 15.4 Å². The summed E-state index contributed by atoms with van der Waals surface area (Å²) in [6.45, 7) is 5.41. The number of nitrogens with one attached hydrogen (secondary N) is 2. The zero-order valence-electron chi connectivity index (χ0n) is 15.4. The monoisotopic (exact) mass is 348 g/mol. The van der Waals surface area contributed by atoms with Crippen molar-refractivity contribution in [3.05, 3.63) is 77.1 Å². The van der Waals surface area contributed by atoms with Crippen LogP contribution < -0.4 is 15.4 Å². The summed E-state index contributed by atoms with van der Waals surface area (Å²) in [7, 11) is 1.67. The number of aromatic nitrogens is 2. The SMILES string of the molecule is COc1ccc(CNc2cc(NCc3ccc(C)cc3)nc(C)n2)cc1. The van der Waals surface area contributed by atoms with Crippen LogP contribution in [0.4, 0.5) is 11.6 Å². The molecule has 0 aliphatic carbocycles. The first-order valence-electron chi connectivity index (χ1n) is 8.64. The van der Waals surface area contributed by atoms with Crippen molar-refractivity contribution in [2.24, 2.45) is 0 Å². The van der Waals surface area contributed by atoms with Crippen LogP contribution in [0.1, 0.15) is 22.5 Å². The first kappa shape index (κ1) is 17.7. The van der Waals surface area contributed by atoms with Crippen molar-refractivity contribution in [2.75, 3.05) is 17.7 Å². The van der Waals surface area contributed by atoms with Crippen LogP contribution in [0.15, 0.2) is 54.6 Å². The quantitative estimate of drug-likeness (QED) is 0.666. The summed E-state index contributed by atoms with van der Waals surface area (Å²) >= 11 is 0. The van der Waals surface area contributed by atoms with E-state index in [1.54, 1.807) is 7.11 Å². The van der Waals surface area contributed by atoms with Crippen molar-refractivity contribution in [1.29, 1.82) is 0 Å². The number of nitrogens with zero attached hydrogens (tertiary/aromatic N) is 2. The van der Waals surface area contributed by atoms with Crippen molar-refractivity contribution < 1.29 is 4.74 Å². The van der Waals surface area contributed by atoms with E-state index in [1.165, 1.54) is 11.1 Å². The van der Waals surface area contributed by atoms with E-state index >= 15 is 0 Å². The molecule has 5 heteroatoms. The van der Waals surface area contributed by atoms with Gasteiger partial charge in [-0.25, -0.2) is 9.97 Å². The Balaban J connectivity index is 1.61. The Bertz CT molecular complexity index is 845.